The molecule has 0 radical (unpaired) electrons. The van der Waals surface area contributed by atoms with Crippen LogP contribution in [-0.2, 0) is 36.9 Å². The van der Waals surface area contributed by atoms with Crippen molar-refractivity contribution in [1.29, 1.82) is 5.26 Å². The summed E-state index contributed by atoms with van der Waals surface area (Å²) < 4.78 is 0. The molecule has 4 heteroatoms. The second-order valence-corrected chi connectivity index (χ2v) is 9.67. The topological polar surface area (TPSA) is 56.1 Å². The van der Waals surface area contributed by atoms with Gasteiger partial charge in [-0.25, -0.2) is 0 Å². The van der Waals surface area contributed by atoms with Gasteiger partial charge in [-0.3, -0.25) is 4.79 Å². The van der Waals surface area contributed by atoms with Crippen LogP contribution in [0.25, 0.3) is 0 Å². The first-order chi connectivity index (χ1) is 14.2. The molecule has 4 atom stereocenters. The lowest BCUT2D eigenvalue weighted by atomic mass is 9.78. The van der Waals surface area contributed by atoms with Crippen molar-refractivity contribution in [2.75, 3.05) is 13.1 Å². The fraction of sp³-hybridized carbons (Fsp3) is 0.680. The third kappa shape index (κ3) is 3.38. The van der Waals surface area contributed by atoms with E-state index >= 15 is 0 Å². The van der Waals surface area contributed by atoms with Crippen LogP contribution in [0, 0.1) is 23.2 Å². The number of fused-ring (bicyclic) bond motifs is 3. The zero-order valence-corrected chi connectivity index (χ0v) is 17.7. The molecule has 1 heterocycles. The summed E-state index contributed by atoms with van der Waals surface area (Å²) in [5.74, 6) is 1.25. The van der Waals surface area contributed by atoms with E-state index in [1.807, 2.05) is 4.90 Å². The Kier molecular flexibility index (Phi) is 5.12. The number of hydrogen-bond acceptors (Lipinski definition) is 3. The molecule has 1 aliphatic heterocycles. The molecule has 29 heavy (non-hydrogen) atoms. The minimum Gasteiger partial charge on any atom is -0.322 e. The van der Waals surface area contributed by atoms with Gasteiger partial charge in [0.2, 0.25) is 5.91 Å². The lowest BCUT2D eigenvalue weighted by Gasteiger charge is -2.28. The van der Waals surface area contributed by atoms with Crippen molar-refractivity contribution >= 4 is 5.91 Å². The number of likely N-dealkylation sites (tertiary alicyclic amines) is 1. The summed E-state index contributed by atoms with van der Waals surface area (Å²) in [5.41, 5.74) is 8.06. The molecule has 0 spiro atoms. The molecule has 1 aromatic rings. The largest absolute Gasteiger partial charge is 0.322 e. The van der Waals surface area contributed by atoms with Gasteiger partial charge in [0, 0.05) is 6.04 Å². The van der Waals surface area contributed by atoms with Crippen LogP contribution in [0.2, 0.25) is 0 Å². The maximum absolute atomic E-state index is 12.8. The zero-order chi connectivity index (χ0) is 20.0. The highest BCUT2D eigenvalue weighted by molar-refractivity contribution is 5.80. The Morgan fingerprint density at radius 2 is 1.79 bits per heavy atom. The van der Waals surface area contributed by atoms with Crippen molar-refractivity contribution in [3.05, 3.63) is 33.9 Å². The van der Waals surface area contributed by atoms with Gasteiger partial charge in [-0.15, -0.1) is 0 Å². The first-order valence-corrected chi connectivity index (χ1v) is 11.8. The maximum Gasteiger partial charge on any atom is 0.237 e. The number of benzene rings is 1. The average molecular weight is 392 g/mol. The molecule has 154 valence electrons. The van der Waals surface area contributed by atoms with Gasteiger partial charge in [-0.1, -0.05) is 13.0 Å². The van der Waals surface area contributed by atoms with Gasteiger partial charge in [0.05, 0.1) is 12.6 Å². The third-order valence-electron chi connectivity index (χ3n) is 8.03. The van der Waals surface area contributed by atoms with Crippen molar-refractivity contribution in [1.82, 2.24) is 10.2 Å². The highest BCUT2D eigenvalue weighted by atomic mass is 16.2. The Balaban J connectivity index is 1.23. The van der Waals surface area contributed by atoms with Crippen LogP contribution in [0.3, 0.4) is 0 Å². The lowest BCUT2D eigenvalue weighted by molar-refractivity contribution is -0.131. The van der Waals surface area contributed by atoms with Gasteiger partial charge in [0.1, 0.15) is 6.04 Å². The zero-order valence-electron chi connectivity index (χ0n) is 17.7. The van der Waals surface area contributed by atoms with Crippen LogP contribution >= 0.6 is 0 Å². The molecule has 3 aliphatic carbocycles. The predicted molar refractivity (Wildman–Crippen MR) is 114 cm³/mol. The summed E-state index contributed by atoms with van der Waals surface area (Å²) in [6.07, 6.45) is 12.1. The molecule has 4 aliphatic rings. The van der Waals surface area contributed by atoms with Gasteiger partial charge in [-0.05, 0) is 110 Å². The first-order valence-electron chi connectivity index (χ1n) is 11.8. The number of carbonyl (C=O) groups excluding carboxylic acids is 1. The van der Waals surface area contributed by atoms with Crippen LogP contribution in [-0.4, -0.2) is 36.0 Å². The summed E-state index contributed by atoms with van der Waals surface area (Å²) >= 11 is 0. The highest BCUT2D eigenvalue weighted by Crippen LogP contribution is 2.52. The summed E-state index contributed by atoms with van der Waals surface area (Å²) in [4.78, 5) is 14.7. The number of nitrogens with one attached hydrogen (secondary N) is 1. The quantitative estimate of drug-likeness (QED) is 0.783. The number of nitriles is 1. The number of aryl methyl sites for hydroxylation is 2. The van der Waals surface area contributed by atoms with E-state index in [1.165, 1.54) is 51.4 Å². The molecular formula is C25H33N3O. The second kappa shape index (κ2) is 7.76. The van der Waals surface area contributed by atoms with Gasteiger partial charge < -0.3 is 10.2 Å². The molecular weight excluding hydrogens is 358 g/mol. The molecule has 1 saturated heterocycles. The predicted octanol–water partition coefficient (Wildman–Crippen LogP) is 3.34. The molecule has 0 bridgehead atoms. The van der Waals surface area contributed by atoms with Gasteiger partial charge >= 0.3 is 0 Å². The number of amides is 1. The van der Waals surface area contributed by atoms with Crippen LogP contribution in [0.15, 0.2) is 6.07 Å². The fourth-order valence-electron chi connectivity index (χ4n) is 6.43. The SMILES string of the molecule is CC1C2CC(C#N)N(C(=O)CNCCc3c4c(cc5c3CCCC5)CCCC4)C12. The normalized spacial score (nSPS) is 29.6. The van der Waals surface area contributed by atoms with E-state index in [9.17, 15) is 10.1 Å². The van der Waals surface area contributed by atoms with Crippen molar-refractivity contribution in [3.8, 4) is 6.07 Å². The summed E-state index contributed by atoms with van der Waals surface area (Å²) in [6, 6.07) is 4.97. The molecule has 5 rings (SSSR count). The molecule has 0 aromatic heterocycles. The van der Waals surface area contributed by atoms with Gasteiger partial charge in [0.15, 0.2) is 0 Å². The standard InChI is InChI=1S/C25H33N3O/c1-16-23-13-19(14-26)28(25(16)23)24(29)15-27-11-10-22-20-8-4-2-6-17(20)12-18-7-3-5-9-21(18)22/h12,16,19,23,25,27H,2-11,13,15H2,1H3. The van der Waals surface area contributed by atoms with Crippen LogP contribution < -0.4 is 5.32 Å². The number of hydrogen-bond donors (Lipinski definition) is 1. The first kappa shape index (κ1) is 19.1. The molecule has 1 amide bonds. The van der Waals surface area contributed by atoms with E-state index in [2.05, 4.69) is 24.4 Å². The summed E-state index contributed by atoms with van der Waals surface area (Å²) in [7, 11) is 0. The number of nitrogens with zero attached hydrogens (tertiary/aromatic N) is 2. The Hall–Kier alpha value is -1.86. The number of carbonyl (C=O) groups is 1. The molecule has 1 N–H and O–H groups in total. The molecule has 1 aromatic carbocycles. The number of piperidine rings is 1. The van der Waals surface area contributed by atoms with Crippen LogP contribution in [0.1, 0.15) is 66.8 Å². The van der Waals surface area contributed by atoms with Crippen molar-refractivity contribution in [3.63, 3.8) is 0 Å². The van der Waals surface area contributed by atoms with E-state index in [0.29, 0.717) is 24.4 Å². The molecule has 1 saturated carbocycles. The lowest BCUT2D eigenvalue weighted by Crippen LogP contribution is -2.44. The summed E-state index contributed by atoms with van der Waals surface area (Å²) in [5, 5.41) is 12.8. The van der Waals surface area contributed by atoms with Crippen LogP contribution in [0.5, 0.6) is 0 Å². The average Bonchev–Trinajstić information content (AvgIpc) is 3.20. The third-order valence-corrected chi connectivity index (χ3v) is 8.03. The summed E-state index contributed by atoms with van der Waals surface area (Å²) in [6.45, 7) is 3.42. The van der Waals surface area contributed by atoms with E-state index in [4.69, 9.17) is 0 Å². The molecule has 4 unspecified atom stereocenters. The van der Waals surface area contributed by atoms with E-state index in [1.54, 1.807) is 27.8 Å². The van der Waals surface area contributed by atoms with E-state index < -0.39 is 0 Å². The minimum absolute atomic E-state index is 0.116. The smallest absolute Gasteiger partial charge is 0.237 e. The van der Waals surface area contributed by atoms with Crippen molar-refractivity contribution in [2.24, 2.45) is 11.8 Å². The number of rotatable bonds is 5. The van der Waals surface area contributed by atoms with E-state index in [0.717, 1.165) is 19.4 Å². The molecule has 2 fully saturated rings. The molecule has 4 nitrogen and oxygen atoms in total. The van der Waals surface area contributed by atoms with Crippen LogP contribution in [0.4, 0.5) is 0 Å². The Morgan fingerprint density at radius 3 is 2.45 bits per heavy atom. The minimum atomic E-state index is -0.205. The van der Waals surface area contributed by atoms with Crippen molar-refractivity contribution < 1.29 is 4.79 Å². The monoisotopic (exact) mass is 391 g/mol. The highest BCUT2D eigenvalue weighted by Gasteiger charge is 2.59. The van der Waals surface area contributed by atoms with Gasteiger partial charge in [0.25, 0.3) is 0 Å². The maximum atomic E-state index is 12.8. The second-order valence-electron chi connectivity index (χ2n) is 9.67. The van der Waals surface area contributed by atoms with Gasteiger partial charge in [-0.2, -0.15) is 5.26 Å². The Labute approximate surface area is 174 Å². The Morgan fingerprint density at radius 1 is 1.14 bits per heavy atom. The van der Waals surface area contributed by atoms with Crippen molar-refractivity contribution in [2.45, 2.75) is 83.2 Å². The fourth-order valence-corrected chi connectivity index (χ4v) is 6.43. The van der Waals surface area contributed by atoms with E-state index in [-0.39, 0.29) is 11.9 Å². The Bertz CT molecular complexity index is 820.